The molecule has 2 rings (SSSR count). The van der Waals surface area contributed by atoms with Crippen molar-refractivity contribution in [3.05, 3.63) is 53.6 Å². The van der Waals surface area contributed by atoms with Gasteiger partial charge >= 0.3 is 10.2 Å². The largest absolute Gasteiger partial charge is 0.326 e. The fraction of sp³-hybridized carbons (Fsp3) is 0.300. The summed E-state index contributed by atoms with van der Waals surface area (Å²) in [5, 5.41) is 5.32. The van der Waals surface area contributed by atoms with Crippen LogP contribution in [0.3, 0.4) is 0 Å². The molecule has 0 aliphatic carbocycles. The van der Waals surface area contributed by atoms with Crippen LogP contribution in [-0.2, 0) is 19.8 Å². The van der Waals surface area contributed by atoms with E-state index in [9.17, 15) is 18.0 Å². The Hall–Kier alpha value is -2.91. The van der Waals surface area contributed by atoms with E-state index in [0.29, 0.717) is 17.1 Å². The van der Waals surface area contributed by atoms with Gasteiger partial charge in [0, 0.05) is 32.4 Å². The van der Waals surface area contributed by atoms with Gasteiger partial charge in [-0.1, -0.05) is 18.2 Å². The zero-order chi connectivity index (χ0) is 21.8. The molecule has 0 atom stereocenters. The van der Waals surface area contributed by atoms with E-state index in [-0.39, 0.29) is 5.91 Å². The highest BCUT2D eigenvalue weighted by Crippen LogP contribution is 2.25. The third-order valence-electron chi connectivity index (χ3n) is 4.13. The SMILES string of the molecule is CC(=O)Nc1cccc(NC(=O)CN(c2cc(C)ccc2C)S(=O)(=O)N(C)C)c1. The van der Waals surface area contributed by atoms with Gasteiger partial charge < -0.3 is 10.6 Å². The van der Waals surface area contributed by atoms with Crippen LogP contribution in [0.2, 0.25) is 0 Å². The van der Waals surface area contributed by atoms with Crippen LogP contribution in [0.1, 0.15) is 18.1 Å². The first kappa shape index (κ1) is 22.4. The Labute approximate surface area is 171 Å². The van der Waals surface area contributed by atoms with E-state index in [2.05, 4.69) is 10.6 Å². The molecule has 0 saturated heterocycles. The van der Waals surface area contributed by atoms with Crippen LogP contribution < -0.4 is 14.9 Å². The van der Waals surface area contributed by atoms with E-state index >= 15 is 0 Å². The minimum atomic E-state index is -3.89. The van der Waals surface area contributed by atoms with Gasteiger partial charge in [0.15, 0.2) is 0 Å². The summed E-state index contributed by atoms with van der Waals surface area (Å²) in [6.45, 7) is 4.65. The molecule has 0 unspecified atom stereocenters. The topological polar surface area (TPSA) is 98.8 Å². The first-order chi connectivity index (χ1) is 13.5. The van der Waals surface area contributed by atoms with Gasteiger partial charge in [0.05, 0.1) is 5.69 Å². The Balaban J connectivity index is 2.31. The van der Waals surface area contributed by atoms with Gasteiger partial charge in [-0.3, -0.25) is 9.59 Å². The third-order valence-corrected chi connectivity index (χ3v) is 5.93. The number of hydrogen-bond donors (Lipinski definition) is 2. The molecule has 8 nitrogen and oxygen atoms in total. The molecule has 0 aromatic heterocycles. The van der Waals surface area contributed by atoms with E-state index in [1.54, 1.807) is 37.3 Å². The average molecular weight is 419 g/mol. The molecule has 9 heteroatoms. The highest BCUT2D eigenvalue weighted by atomic mass is 32.2. The number of hydrogen-bond acceptors (Lipinski definition) is 4. The number of rotatable bonds is 7. The summed E-state index contributed by atoms with van der Waals surface area (Å²) >= 11 is 0. The second-order valence-corrected chi connectivity index (χ2v) is 8.96. The summed E-state index contributed by atoms with van der Waals surface area (Å²) < 4.78 is 27.9. The Morgan fingerprint density at radius 1 is 0.966 bits per heavy atom. The number of nitrogens with zero attached hydrogens (tertiary/aromatic N) is 2. The van der Waals surface area contributed by atoms with Crippen molar-refractivity contribution in [3.8, 4) is 0 Å². The smallest absolute Gasteiger partial charge is 0.304 e. The second-order valence-electron chi connectivity index (χ2n) is 6.90. The van der Waals surface area contributed by atoms with Crippen molar-refractivity contribution in [2.45, 2.75) is 20.8 Å². The number of amides is 2. The molecule has 2 N–H and O–H groups in total. The fourth-order valence-electron chi connectivity index (χ4n) is 2.69. The molecule has 0 saturated carbocycles. The maximum Gasteiger partial charge on any atom is 0.304 e. The summed E-state index contributed by atoms with van der Waals surface area (Å²) in [5.41, 5.74) is 3.04. The average Bonchev–Trinajstić information content (AvgIpc) is 2.61. The van der Waals surface area contributed by atoms with Crippen LogP contribution in [0, 0.1) is 13.8 Å². The molecule has 156 valence electrons. The van der Waals surface area contributed by atoms with Crippen molar-refractivity contribution in [2.24, 2.45) is 0 Å². The first-order valence-electron chi connectivity index (χ1n) is 8.95. The molecule has 0 heterocycles. The van der Waals surface area contributed by atoms with Crippen LogP contribution in [-0.4, -0.2) is 45.2 Å². The maximum atomic E-state index is 12.9. The zero-order valence-electron chi connectivity index (χ0n) is 17.2. The molecule has 0 aliphatic rings. The van der Waals surface area contributed by atoms with Crippen molar-refractivity contribution >= 4 is 39.1 Å². The molecular weight excluding hydrogens is 392 g/mol. The van der Waals surface area contributed by atoms with Crippen LogP contribution in [0.25, 0.3) is 0 Å². The van der Waals surface area contributed by atoms with E-state index in [1.165, 1.54) is 21.0 Å². The zero-order valence-corrected chi connectivity index (χ0v) is 18.0. The maximum absolute atomic E-state index is 12.9. The monoisotopic (exact) mass is 418 g/mol. The van der Waals surface area contributed by atoms with Crippen molar-refractivity contribution in [2.75, 3.05) is 35.6 Å². The summed E-state index contributed by atoms with van der Waals surface area (Å²) in [6.07, 6.45) is 0. The number of carbonyl (C=O) groups excluding carboxylic acids is 2. The lowest BCUT2D eigenvalue weighted by molar-refractivity contribution is -0.115. The van der Waals surface area contributed by atoms with Gasteiger partial charge in [-0.05, 0) is 49.2 Å². The number of carbonyl (C=O) groups is 2. The van der Waals surface area contributed by atoms with E-state index in [0.717, 1.165) is 19.7 Å². The Bertz CT molecular complexity index is 1020. The van der Waals surface area contributed by atoms with Crippen LogP contribution in [0.4, 0.5) is 17.1 Å². The van der Waals surface area contributed by atoms with Crippen molar-refractivity contribution in [1.29, 1.82) is 0 Å². The predicted molar refractivity (Wildman–Crippen MR) is 115 cm³/mol. The van der Waals surface area contributed by atoms with Gasteiger partial charge in [0.2, 0.25) is 11.8 Å². The molecule has 29 heavy (non-hydrogen) atoms. The molecule has 0 aliphatic heterocycles. The lowest BCUT2D eigenvalue weighted by Crippen LogP contribution is -2.44. The van der Waals surface area contributed by atoms with Gasteiger partial charge in [-0.25, -0.2) is 4.31 Å². The minimum absolute atomic E-state index is 0.230. The van der Waals surface area contributed by atoms with E-state index in [1.807, 2.05) is 19.1 Å². The fourth-order valence-corrected chi connectivity index (χ4v) is 3.81. The van der Waals surface area contributed by atoms with E-state index < -0.39 is 22.7 Å². The molecule has 2 amide bonds. The minimum Gasteiger partial charge on any atom is -0.326 e. The van der Waals surface area contributed by atoms with Crippen LogP contribution in [0.15, 0.2) is 42.5 Å². The Morgan fingerprint density at radius 2 is 1.59 bits per heavy atom. The normalized spacial score (nSPS) is 11.2. The standard InChI is InChI=1S/C20H26N4O4S/c1-14-9-10-15(2)19(11-14)24(29(27,28)23(4)5)13-20(26)22-18-8-6-7-17(12-18)21-16(3)25/h6-12H,13H2,1-5H3,(H,21,25)(H,22,26). The van der Waals surface area contributed by atoms with Crippen molar-refractivity contribution in [1.82, 2.24) is 4.31 Å². The van der Waals surface area contributed by atoms with Crippen molar-refractivity contribution in [3.63, 3.8) is 0 Å². The first-order valence-corrected chi connectivity index (χ1v) is 10.4. The Morgan fingerprint density at radius 3 is 2.17 bits per heavy atom. The van der Waals surface area contributed by atoms with Crippen LogP contribution in [0.5, 0.6) is 0 Å². The van der Waals surface area contributed by atoms with Gasteiger partial charge in [0.1, 0.15) is 6.54 Å². The molecule has 2 aromatic carbocycles. The number of nitrogens with one attached hydrogen (secondary N) is 2. The van der Waals surface area contributed by atoms with Gasteiger partial charge in [-0.15, -0.1) is 0 Å². The van der Waals surface area contributed by atoms with Crippen molar-refractivity contribution < 1.29 is 18.0 Å². The lowest BCUT2D eigenvalue weighted by Gasteiger charge is -2.28. The highest BCUT2D eigenvalue weighted by Gasteiger charge is 2.28. The number of aryl methyl sites for hydroxylation is 2. The van der Waals surface area contributed by atoms with Gasteiger partial charge in [0.25, 0.3) is 0 Å². The molecule has 2 aromatic rings. The second kappa shape index (κ2) is 9.06. The lowest BCUT2D eigenvalue weighted by atomic mass is 10.1. The van der Waals surface area contributed by atoms with E-state index in [4.69, 9.17) is 0 Å². The summed E-state index contributed by atoms with van der Waals surface area (Å²) in [6, 6.07) is 12.1. The Kier molecular flexibility index (Phi) is 6.99. The highest BCUT2D eigenvalue weighted by molar-refractivity contribution is 7.90. The predicted octanol–water partition coefficient (Wildman–Crippen LogP) is 2.51. The summed E-state index contributed by atoms with van der Waals surface area (Å²) in [7, 11) is -1.06. The molecule has 0 spiro atoms. The molecule has 0 radical (unpaired) electrons. The number of benzene rings is 2. The molecule has 0 bridgehead atoms. The van der Waals surface area contributed by atoms with Crippen LogP contribution >= 0.6 is 0 Å². The quantitative estimate of drug-likeness (QED) is 0.722. The molecule has 0 fully saturated rings. The summed E-state index contributed by atoms with van der Waals surface area (Å²) in [4.78, 5) is 23.9. The third kappa shape index (κ3) is 5.78. The van der Waals surface area contributed by atoms with Gasteiger partial charge in [-0.2, -0.15) is 12.7 Å². The molecular formula is C20H26N4O4S. The number of anilines is 3. The summed E-state index contributed by atoms with van der Waals surface area (Å²) in [5.74, 6) is -0.733.